The average Bonchev–Trinajstić information content (AvgIpc) is 2.79. The minimum atomic E-state index is -0.509. The van der Waals surface area contributed by atoms with Crippen LogP contribution < -0.4 is 15.2 Å². The van der Waals surface area contributed by atoms with Crippen molar-refractivity contribution in [2.45, 2.75) is 19.4 Å². The molecule has 6 heteroatoms. The van der Waals surface area contributed by atoms with Gasteiger partial charge in [0.15, 0.2) is 5.78 Å². The molecule has 31 heavy (non-hydrogen) atoms. The SMILES string of the molecule is Cc1c(O[C@@H](c2ccc(C#N)cc2)c2ccc(C(N)=O)cc2)ccc2c1OCCC2=O. The molecule has 0 spiro atoms. The molecule has 0 bridgehead atoms. The normalized spacial score (nSPS) is 13.5. The molecule has 0 unspecified atom stereocenters. The molecule has 6 nitrogen and oxygen atoms in total. The molecule has 2 N–H and O–H groups in total. The van der Waals surface area contributed by atoms with Crippen LogP contribution in [0.2, 0.25) is 0 Å². The highest BCUT2D eigenvalue weighted by molar-refractivity contribution is 6.00. The third-order valence-corrected chi connectivity index (χ3v) is 5.32. The smallest absolute Gasteiger partial charge is 0.248 e. The summed E-state index contributed by atoms with van der Waals surface area (Å²) < 4.78 is 12.1. The van der Waals surface area contributed by atoms with E-state index in [4.69, 9.17) is 20.5 Å². The molecule has 0 fully saturated rings. The number of hydrogen-bond donors (Lipinski definition) is 1. The second kappa shape index (κ2) is 8.33. The van der Waals surface area contributed by atoms with Crippen LogP contribution in [0.1, 0.15) is 55.5 Å². The van der Waals surface area contributed by atoms with Crippen LogP contribution in [0.15, 0.2) is 60.7 Å². The lowest BCUT2D eigenvalue weighted by molar-refractivity contribution is 0.0931. The van der Waals surface area contributed by atoms with E-state index in [0.29, 0.717) is 41.2 Å². The molecule has 0 aliphatic carbocycles. The number of nitriles is 1. The third kappa shape index (κ3) is 3.99. The summed E-state index contributed by atoms with van der Waals surface area (Å²) in [6.45, 7) is 2.21. The highest BCUT2D eigenvalue weighted by atomic mass is 16.5. The maximum atomic E-state index is 12.2. The zero-order valence-corrected chi connectivity index (χ0v) is 16.9. The number of nitrogens with zero attached hydrogens (tertiary/aromatic N) is 1. The Morgan fingerprint density at radius 2 is 1.71 bits per heavy atom. The van der Waals surface area contributed by atoms with E-state index in [2.05, 4.69) is 6.07 Å². The van der Waals surface area contributed by atoms with Crippen molar-refractivity contribution >= 4 is 11.7 Å². The van der Waals surface area contributed by atoms with Crippen molar-refractivity contribution in [2.24, 2.45) is 5.73 Å². The number of fused-ring (bicyclic) bond motifs is 1. The van der Waals surface area contributed by atoms with Crippen LogP contribution in [0.3, 0.4) is 0 Å². The van der Waals surface area contributed by atoms with Gasteiger partial charge in [0.25, 0.3) is 0 Å². The van der Waals surface area contributed by atoms with Crippen LogP contribution in [-0.2, 0) is 0 Å². The average molecular weight is 412 g/mol. The molecule has 1 atom stereocenters. The van der Waals surface area contributed by atoms with Crippen LogP contribution in [0, 0.1) is 18.3 Å². The van der Waals surface area contributed by atoms with Crippen LogP contribution in [0.5, 0.6) is 11.5 Å². The summed E-state index contributed by atoms with van der Waals surface area (Å²) in [5.41, 5.74) is 9.26. The number of ketones is 1. The minimum absolute atomic E-state index is 0.0570. The number of ether oxygens (including phenoxy) is 2. The number of hydrogen-bond acceptors (Lipinski definition) is 5. The van der Waals surface area contributed by atoms with Gasteiger partial charge >= 0.3 is 0 Å². The first-order valence-corrected chi connectivity index (χ1v) is 9.84. The van der Waals surface area contributed by atoms with Gasteiger partial charge in [-0.15, -0.1) is 0 Å². The fourth-order valence-electron chi connectivity index (χ4n) is 3.60. The van der Waals surface area contributed by atoms with Gasteiger partial charge in [0.1, 0.15) is 17.6 Å². The molecule has 1 amide bonds. The quantitative estimate of drug-likeness (QED) is 0.680. The molecule has 0 saturated heterocycles. The fraction of sp³-hybridized carbons (Fsp3) is 0.160. The first-order valence-electron chi connectivity index (χ1n) is 9.84. The van der Waals surface area contributed by atoms with E-state index in [-0.39, 0.29) is 5.78 Å². The Balaban J connectivity index is 1.75. The lowest BCUT2D eigenvalue weighted by Gasteiger charge is -2.24. The molecule has 0 radical (unpaired) electrons. The first kappa shape index (κ1) is 20.2. The second-order valence-electron chi connectivity index (χ2n) is 7.30. The van der Waals surface area contributed by atoms with Gasteiger partial charge in [0.05, 0.1) is 23.8 Å². The summed E-state index contributed by atoms with van der Waals surface area (Å²) in [6.07, 6.45) is -0.141. The Labute approximate surface area is 179 Å². The molecule has 1 aliphatic rings. The van der Waals surface area contributed by atoms with E-state index in [9.17, 15) is 9.59 Å². The number of carbonyl (C=O) groups is 2. The molecule has 154 valence electrons. The number of benzene rings is 3. The summed E-state index contributed by atoms with van der Waals surface area (Å²) in [6, 6.07) is 19.6. The molecule has 0 aromatic heterocycles. The predicted octanol–water partition coefficient (Wildman–Crippen LogP) is 4.10. The lowest BCUT2D eigenvalue weighted by Crippen LogP contribution is -2.17. The molecule has 4 rings (SSSR count). The van der Waals surface area contributed by atoms with E-state index in [0.717, 1.165) is 16.7 Å². The van der Waals surface area contributed by atoms with Gasteiger partial charge in [-0.05, 0) is 54.4 Å². The molecule has 3 aromatic carbocycles. The summed E-state index contributed by atoms with van der Waals surface area (Å²) >= 11 is 0. The van der Waals surface area contributed by atoms with Gasteiger partial charge in [0, 0.05) is 17.5 Å². The Kier molecular flexibility index (Phi) is 5.42. The molecular formula is C25H20N2O4. The Hall–Kier alpha value is -4.11. The van der Waals surface area contributed by atoms with E-state index >= 15 is 0 Å². The lowest BCUT2D eigenvalue weighted by atomic mass is 9.98. The monoisotopic (exact) mass is 412 g/mol. The number of nitrogens with two attached hydrogens (primary N) is 1. The molecule has 3 aromatic rings. The van der Waals surface area contributed by atoms with Crippen LogP contribution in [0.4, 0.5) is 0 Å². The van der Waals surface area contributed by atoms with Crippen molar-refractivity contribution in [1.29, 1.82) is 5.26 Å². The molecule has 1 heterocycles. The maximum absolute atomic E-state index is 12.2. The topological polar surface area (TPSA) is 102 Å². The minimum Gasteiger partial charge on any atom is -0.492 e. The van der Waals surface area contributed by atoms with Gasteiger partial charge < -0.3 is 15.2 Å². The molecule has 0 saturated carbocycles. The van der Waals surface area contributed by atoms with E-state index in [1.54, 1.807) is 48.5 Å². The highest BCUT2D eigenvalue weighted by Crippen LogP contribution is 2.38. The van der Waals surface area contributed by atoms with Gasteiger partial charge in [-0.25, -0.2) is 0 Å². The van der Waals surface area contributed by atoms with Gasteiger partial charge in [-0.3, -0.25) is 9.59 Å². The Bertz CT molecular complexity index is 1190. The van der Waals surface area contributed by atoms with Crippen molar-refractivity contribution in [1.82, 2.24) is 0 Å². The Morgan fingerprint density at radius 3 is 2.32 bits per heavy atom. The van der Waals surface area contributed by atoms with Gasteiger partial charge in [-0.2, -0.15) is 5.26 Å². The second-order valence-corrected chi connectivity index (χ2v) is 7.30. The van der Waals surface area contributed by atoms with Crippen LogP contribution >= 0.6 is 0 Å². The molecular weight excluding hydrogens is 392 g/mol. The van der Waals surface area contributed by atoms with Crippen molar-refractivity contribution < 1.29 is 19.1 Å². The van der Waals surface area contributed by atoms with Crippen molar-refractivity contribution in [3.63, 3.8) is 0 Å². The number of primary amides is 1. The van der Waals surface area contributed by atoms with Gasteiger partial charge in [0.2, 0.25) is 5.91 Å². The number of amides is 1. The van der Waals surface area contributed by atoms with Gasteiger partial charge in [-0.1, -0.05) is 24.3 Å². The highest BCUT2D eigenvalue weighted by Gasteiger charge is 2.24. The zero-order chi connectivity index (χ0) is 22.0. The predicted molar refractivity (Wildman–Crippen MR) is 114 cm³/mol. The van der Waals surface area contributed by atoms with E-state index in [1.165, 1.54) is 0 Å². The Morgan fingerprint density at radius 1 is 1.06 bits per heavy atom. The number of rotatable bonds is 5. The van der Waals surface area contributed by atoms with Crippen molar-refractivity contribution in [3.8, 4) is 17.6 Å². The van der Waals surface area contributed by atoms with Crippen LogP contribution in [-0.4, -0.2) is 18.3 Å². The van der Waals surface area contributed by atoms with Crippen molar-refractivity contribution in [3.05, 3.63) is 94.0 Å². The third-order valence-electron chi connectivity index (χ3n) is 5.32. The number of carbonyl (C=O) groups excluding carboxylic acids is 2. The maximum Gasteiger partial charge on any atom is 0.248 e. The van der Waals surface area contributed by atoms with E-state index < -0.39 is 12.0 Å². The zero-order valence-electron chi connectivity index (χ0n) is 16.9. The van der Waals surface area contributed by atoms with Crippen molar-refractivity contribution in [2.75, 3.05) is 6.61 Å². The summed E-state index contributed by atoms with van der Waals surface area (Å²) in [5.74, 6) is 0.689. The largest absolute Gasteiger partial charge is 0.492 e. The summed E-state index contributed by atoms with van der Waals surface area (Å²) in [4.78, 5) is 23.6. The summed E-state index contributed by atoms with van der Waals surface area (Å²) in [5, 5.41) is 9.11. The standard InChI is InChI=1S/C25H20N2O4/c1-15-22(11-10-20-21(28)12-13-30-23(15)20)31-24(17-4-2-16(14-26)3-5-17)18-6-8-19(9-7-18)25(27)29/h2-11,24H,12-13H2,1H3,(H2,27,29)/t24-/m0/s1. The van der Waals surface area contributed by atoms with E-state index in [1.807, 2.05) is 19.1 Å². The van der Waals surface area contributed by atoms with Crippen LogP contribution in [0.25, 0.3) is 0 Å². The summed E-state index contributed by atoms with van der Waals surface area (Å²) in [7, 11) is 0. The fourth-order valence-corrected chi connectivity index (χ4v) is 3.60. The first-order chi connectivity index (χ1) is 15.0. The number of Topliss-reactive ketones (excluding diaryl/α,β-unsaturated/α-hetero) is 1. The molecule has 1 aliphatic heterocycles.